The first-order valence-corrected chi connectivity index (χ1v) is 7.39. The van der Waals surface area contributed by atoms with E-state index in [4.69, 9.17) is 0 Å². The number of nitrogens with one attached hydrogen (secondary N) is 1. The van der Waals surface area contributed by atoms with E-state index in [-0.39, 0.29) is 0 Å². The Labute approximate surface area is 119 Å². The van der Waals surface area contributed by atoms with Crippen LogP contribution in [0.4, 0.5) is 11.4 Å². The van der Waals surface area contributed by atoms with Crippen molar-refractivity contribution in [1.82, 2.24) is 4.98 Å². The van der Waals surface area contributed by atoms with E-state index in [2.05, 4.69) is 60.7 Å². The lowest BCUT2D eigenvalue weighted by Crippen LogP contribution is -2.18. The minimum atomic E-state index is 0.322. The first-order valence-electron chi connectivity index (χ1n) is 6.51. The van der Waals surface area contributed by atoms with Gasteiger partial charge in [-0.15, -0.1) is 11.3 Å². The Balaban J connectivity index is 2.28. The molecular formula is C15H21N3S. The summed E-state index contributed by atoms with van der Waals surface area (Å²) in [6.07, 6.45) is 3.73. The molecule has 2 aromatic rings. The zero-order valence-electron chi connectivity index (χ0n) is 11.9. The quantitative estimate of drug-likeness (QED) is 0.893. The first-order chi connectivity index (χ1) is 9.09. The van der Waals surface area contributed by atoms with Crippen LogP contribution in [0.2, 0.25) is 0 Å². The highest BCUT2D eigenvalue weighted by Gasteiger charge is 2.18. The zero-order chi connectivity index (χ0) is 13.8. The Hall–Kier alpha value is -1.55. The summed E-state index contributed by atoms with van der Waals surface area (Å²) in [5.74, 6) is 0.522. The molecule has 19 heavy (non-hydrogen) atoms. The van der Waals surface area contributed by atoms with Crippen molar-refractivity contribution in [2.75, 3.05) is 24.3 Å². The van der Waals surface area contributed by atoms with Gasteiger partial charge in [-0.05, 0) is 23.4 Å². The summed E-state index contributed by atoms with van der Waals surface area (Å²) in [5.41, 5.74) is 2.25. The maximum absolute atomic E-state index is 4.24. The van der Waals surface area contributed by atoms with Gasteiger partial charge in [0.1, 0.15) is 0 Å². The molecule has 102 valence electrons. The molecule has 0 spiro atoms. The molecule has 2 aromatic heterocycles. The summed E-state index contributed by atoms with van der Waals surface area (Å²) < 4.78 is 0. The van der Waals surface area contributed by atoms with Gasteiger partial charge >= 0.3 is 0 Å². The van der Waals surface area contributed by atoms with Crippen molar-refractivity contribution >= 4 is 22.7 Å². The van der Waals surface area contributed by atoms with Gasteiger partial charge in [-0.2, -0.15) is 0 Å². The van der Waals surface area contributed by atoms with Crippen LogP contribution in [0.5, 0.6) is 0 Å². The molecule has 0 aliphatic carbocycles. The summed E-state index contributed by atoms with van der Waals surface area (Å²) in [6.45, 7) is 4.48. The van der Waals surface area contributed by atoms with Gasteiger partial charge in [0.15, 0.2) is 0 Å². The molecule has 0 amide bonds. The standard InChI is InChI=1S/C15H21N3S/c1-11(2)15(14-6-5-9-19-14)17-12-10-16-8-7-13(12)18(3)4/h5-11,15,17H,1-4H3. The summed E-state index contributed by atoms with van der Waals surface area (Å²) in [4.78, 5) is 7.71. The molecule has 0 radical (unpaired) electrons. The van der Waals surface area contributed by atoms with Crippen molar-refractivity contribution in [3.8, 4) is 0 Å². The van der Waals surface area contributed by atoms with Crippen LogP contribution in [-0.2, 0) is 0 Å². The third-order valence-corrected chi connectivity index (χ3v) is 4.06. The second kappa shape index (κ2) is 6.06. The lowest BCUT2D eigenvalue weighted by atomic mass is 10.0. The fraction of sp³-hybridized carbons (Fsp3) is 0.400. The molecule has 0 saturated heterocycles. The van der Waals surface area contributed by atoms with E-state index in [1.807, 2.05) is 18.5 Å². The maximum Gasteiger partial charge on any atom is 0.0769 e. The van der Waals surface area contributed by atoms with E-state index in [0.29, 0.717) is 12.0 Å². The van der Waals surface area contributed by atoms with Gasteiger partial charge in [0, 0.05) is 25.2 Å². The van der Waals surface area contributed by atoms with Crippen LogP contribution in [0.1, 0.15) is 24.8 Å². The van der Waals surface area contributed by atoms with Crippen molar-refractivity contribution in [3.05, 3.63) is 40.8 Å². The number of anilines is 2. The van der Waals surface area contributed by atoms with Crippen LogP contribution in [0.25, 0.3) is 0 Å². The Morgan fingerprint density at radius 1 is 1.26 bits per heavy atom. The molecular weight excluding hydrogens is 254 g/mol. The maximum atomic E-state index is 4.24. The molecule has 0 aromatic carbocycles. The second-order valence-electron chi connectivity index (χ2n) is 5.17. The van der Waals surface area contributed by atoms with E-state index >= 15 is 0 Å². The molecule has 4 heteroatoms. The van der Waals surface area contributed by atoms with Crippen molar-refractivity contribution in [1.29, 1.82) is 0 Å². The number of hydrogen-bond acceptors (Lipinski definition) is 4. The molecule has 3 nitrogen and oxygen atoms in total. The molecule has 1 atom stereocenters. The molecule has 0 fully saturated rings. The number of hydrogen-bond donors (Lipinski definition) is 1. The van der Waals surface area contributed by atoms with Crippen molar-refractivity contribution in [2.24, 2.45) is 5.92 Å². The Bertz CT molecular complexity index is 506. The Morgan fingerprint density at radius 2 is 2.05 bits per heavy atom. The normalized spacial score (nSPS) is 12.5. The SMILES string of the molecule is CC(C)C(Nc1cnccc1N(C)C)c1cccs1. The summed E-state index contributed by atoms with van der Waals surface area (Å²) >= 11 is 1.80. The van der Waals surface area contributed by atoms with Crippen LogP contribution in [0.15, 0.2) is 36.0 Å². The van der Waals surface area contributed by atoms with Crippen molar-refractivity contribution < 1.29 is 0 Å². The average Bonchev–Trinajstić information content (AvgIpc) is 2.89. The van der Waals surface area contributed by atoms with E-state index in [1.165, 1.54) is 4.88 Å². The predicted octanol–water partition coefficient (Wildman–Crippen LogP) is 4.02. The van der Waals surface area contributed by atoms with Gasteiger partial charge in [-0.1, -0.05) is 19.9 Å². The molecule has 2 heterocycles. The van der Waals surface area contributed by atoms with E-state index in [0.717, 1.165) is 11.4 Å². The number of rotatable bonds is 5. The minimum Gasteiger partial charge on any atom is -0.376 e. The van der Waals surface area contributed by atoms with E-state index < -0.39 is 0 Å². The summed E-state index contributed by atoms with van der Waals surface area (Å²) in [7, 11) is 4.10. The van der Waals surface area contributed by atoms with Crippen molar-refractivity contribution in [2.45, 2.75) is 19.9 Å². The zero-order valence-corrected chi connectivity index (χ0v) is 12.7. The topological polar surface area (TPSA) is 28.2 Å². The van der Waals surface area contributed by atoms with Crippen LogP contribution < -0.4 is 10.2 Å². The largest absolute Gasteiger partial charge is 0.376 e. The lowest BCUT2D eigenvalue weighted by Gasteiger charge is -2.25. The molecule has 0 aliphatic rings. The molecule has 0 bridgehead atoms. The summed E-state index contributed by atoms with van der Waals surface area (Å²) in [5, 5.41) is 5.76. The van der Waals surface area contributed by atoms with E-state index in [1.54, 1.807) is 11.3 Å². The fourth-order valence-corrected chi connectivity index (χ4v) is 3.04. The minimum absolute atomic E-state index is 0.322. The smallest absolute Gasteiger partial charge is 0.0769 e. The first kappa shape index (κ1) is 13.9. The summed E-state index contributed by atoms with van der Waals surface area (Å²) in [6, 6.07) is 6.65. The molecule has 2 rings (SSSR count). The second-order valence-corrected chi connectivity index (χ2v) is 6.15. The number of pyridine rings is 1. The number of aromatic nitrogens is 1. The Kier molecular flexibility index (Phi) is 4.43. The molecule has 1 unspecified atom stereocenters. The third-order valence-electron chi connectivity index (χ3n) is 3.11. The number of nitrogens with zero attached hydrogens (tertiary/aromatic N) is 2. The highest BCUT2D eigenvalue weighted by molar-refractivity contribution is 7.10. The third kappa shape index (κ3) is 3.26. The van der Waals surface area contributed by atoms with Gasteiger partial charge < -0.3 is 10.2 Å². The lowest BCUT2D eigenvalue weighted by molar-refractivity contribution is 0.553. The van der Waals surface area contributed by atoms with Crippen LogP contribution in [0.3, 0.4) is 0 Å². The monoisotopic (exact) mass is 275 g/mol. The van der Waals surface area contributed by atoms with Crippen molar-refractivity contribution in [3.63, 3.8) is 0 Å². The molecule has 0 aliphatic heterocycles. The van der Waals surface area contributed by atoms with Gasteiger partial charge in [0.05, 0.1) is 23.6 Å². The van der Waals surface area contributed by atoms with Gasteiger partial charge in [-0.25, -0.2) is 0 Å². The highest BCUT2D eigenvalue weighted by Crippen LogP contribution is 2.32. The van der Waals surface area contributed by atoms with Gasteiger partial charge in [-0.3, -0.25) is 4.98 Å². The molecule has 1 N–H and O–H groups in total. The predicted molar refractivity (Wildman–Crippen MR) is 84.1 cm³/mol. The Morgan fingerprint density at radius 3 is 2.63 bits per heavy atom. The van der Waals surface area contributed by atoms with Crippen LogP contribution in [-0.4, -0.2) is 19.1 Å². The van der Waals surface area contributed by atoms with E-state index in [9.17, 15) is 0 Å². The van der Waals surface area contributed by atoms with Crippen LogP contribution in [0, 0.1) is 5.92 Å². The number of thiophene rings is 1. The van der Waals surface area contributed by atoms with Gasteiger partial charge in [0.2, 0.25) is 0 Å². The highest BCUT2D eigenvalue weighted by atomic mass is 32.1. The van der Waals surface area contributed by atoms with Crippen LogP contribution >= 0.6 is 11.3 Å². The molecule has 0 saturated carbocycles. The average molecular weight is 275 g/mol. The fourth-order valence-electron chi connectivity index (χ4n) is 2.09. The van der Waals surface area contributed by atoms with Gasteiger partial charge in [0.25, 0.3) is 0 Å².